The summed E-state index contributed by atoms with van der Waals surface area (Å²) in [4.78, 5) is 4.86. The van der Waals surface area contributed by atoms with Gasteiger partial charge in [-0.25, -0.2) is 0 Å². The first kappa shape index (κ1) is 17.1. The molecule has 3 rings (SSSR count). The van der Waals surface area contributed by atoms with E-state index >= 15 is 0 Å². The van der Waals surface area contributed by atoms with Crippen LogP contribution in [0.25, 0.3) is 0 Å². The van der Waals surface area contributed by atoms with Crippen molar-refractivity contribution in [3.63, 3.8) is 0 Å². The second kappa shape index (κ2) is 7.88. The molecule has 2 aliphatic rings. The monoisotopic (exact) mass is 389 g/mol. The molecule has 0 aliphatic carbocycles. The van der Waals surface area contributed by atoms with Gasteiger partial charge in [0.05, 0.1) is 0 Å². The molecule has 1 unspecified atom stereocenters. The van der Waals surface area contributed by atoms with Gasteiger partial charge in [-0.1, -0.05) is 15.9 Å². The van der Waals surface area contributed by atoms with Crippen LogP contribution >= 0.6 is 15.9 Å². The van der Waals surface area contributed by atoms with Crippen molar-refractivity contribution in [2.75, 3.05) is 39.3 Å². The zero-order valence-electron chi connectivity index (χ0n) is 13.0. The topological polar surface area (TPSA) is 27.7 Å². The molecule has 0 aromatic heterocycles. The van der Waals surface area contributed by atoms with Crippen molar-refractivity contribution in [1.29, 1.82) is 0 Å². The molecule has 0 spiro atoms. The minimum Gasteiger partial charge on any atom is -0.434 e. The molecule has 2 aliphatic heterocycles. The van der Waals surface area contributed by atoms with Crippen LogP contribution in [0.3, 0.4) is 0 Å². The first-order chi connectivity index (χ1) is 11.1. The summed E-state index contributed by atoms with van der Waals surface area (Å²) in [6, 6.07) is 5.78. The highest BCUT2D eigenvalue weighted by Gasteiger charge is 2.28. The Bertz CT molecular complexity index is 526. The zero-order valence-corrected chi connectivity index (χ0v) is 14.6. The Balaban J connectivity index is 1.62. The molecule has 7 heteroatoms. The molecule has 4 nitrogen and oxygen atoms in total. The molecule has 1 N–H and O–H groups in total. The fourth-order valence-corrected chi connectivity index (χ4v) is 3.83. The largest absolute Gasteiger partial charge is 0.434 e. The van der Waals surface area contributed by atoms with Crippen LogP contribution < -0.4 is 10.1 Å². The van der Waals surface area contributed by atoms with Crippen molar-refractivity contribution in [3.05, 3.63) is 28.2 Å². The molecular weight excluding hydrogens is 368 g/mol. The maximum atomic E-state index is 12.6. The Morgan fingerprint density at radius 3 is 2.78 bits per heavy atom. The van der Waals surface area contributed by atoms with Gasteiger partial charge in [-0.3, -0.25) is 9.80 Å². The quantitative estimate of drug-likeness (QED) is 0.837. The number of likely N-dealkylation sites (tertiary alicyclic amines) is 1. The summed E-state index contributed by atoms with van der Waals surface area (Å²) >= 11 is 3.41. The number of halogens is 3. The van der Waals surface area contributed by atoms with Gasteiger partial charge >= 0.3 is 6.61 Å². The molecule has 1 atom stereocenters. The minimum absolute atomic E-state index is 0.272. The molecular formula is C16H22BrF2N3O. The van der Waals surface area contributed by atoms with E-state index in [1.807, 2.05) is 6.07 Å². The van der Waals surface area contributed by atoms with Gasteiger partial charge in [-0.2, -0.15) is 8.78 Å². The summed E-state index contributed by atoms with van der Waals surface area (Å²) in [7, 11) is 0. The van der Waals surface area contributed by atoms with E-state index in [-0.39, 0.29) is 5.75 Å². The molecule has 0 saturated carbocycles. The molecule has 0 amide bonds. The number of benzene rings is 1. The Morgan fingerprint density at radius 1 is 1.26 bits per heavy atom. The fraction of sp³-hybridized carbons (Fsp3) is 0.625. The number of alkyl halides is 2. The standard InChI is InChI=1S/C16H22BrF2N3O/c17-13-1-2-15(23-16(18)19)12(9-13)10-21-6-3-14(11-21)22-7-4-20-5-8-22/h1-2,9,14,16,20H,3-8,10-11H2. The molecule has 2 heterocycles. The van der Waals surface area contributed by atoms with E-state index in [0.29, 0.717) is 12.6 Å². The average molecular weight is 390 g/mol. The third-order valence-corrected chi connectivity index (χ3v) is 5.04. The van der Waals surface area contributed by atoms with Crippen molar-refractivity contribution >= 4 is 15.9 Å². The Kier molecular flexibility index (Phi) is 5.85. The highest BCUT2D eigenvalue weighted by Crippen LogP contribution is 2.28. The highest BCUT2D eigenvalue weighted by molar-refractivity contribution is 9.10. The summed E-state index contributed by atoms with van der Waals surface area (Å²) in [6.45, 7) is 4.12. The average Bonchev–Trinajstić information content (AvgIpc) is 2.99. The number of nitrogens with one attached hydrogen (secondary N) is 1. The van der Waals surface area contributed by atoms with Crippen molar-refractivity contribution in [2.24, 2.45) is 0 Å². The fourth-order valence-electron chi connectivity index (χ4n) is 3.42. The predicted octanol–water partition coefficient (Wildman–Crippen LogP) is 2.53. The third-order valence-electron chi connectivity index (χ3n) is 4.55. The van der Waals surface area contributed by atoms with Crippen LogP contribution in [0, 0.1) is 0 Å². The van der Waals surface area contributed by atoms with Crippen LogP contribution in [0.5, 0.6) is 5.75 Å². The Hall–Kier alpha value is -0.760. The van der Waals surface area contributed by atoms with E-state index in [2.05, 4.69) is 35.8 Å². The summed E-state index contributed by atoms with van der Waals surface area (Å²) in [5.41, 5.74) is 0.806. The van der Waals surface area contributed by atoms with Crippen LogP contribution in [0.2, 0.25) is 0 Å². The van der Waals surface area contributed by atoms with Gasteiger partial charge in [0.15, 0.2) is 0 Å². The number of rotatable bonds is 5. The maximum Gasteiger partial charge on any atom is 0.387 e. The first-order valence-electron chi connectivity index (χ1n) is 8.02. The van der Waals surface area contributed by atoms with E-state index in [9.17, 15) is 8.78 Å². The number of hydrogen-bond acceptors (Lipinski definition) is 4. The molecule has 23 heavy (non-hydrogen) atoms. The third kappa shape index (κ3) is 4.62. The lowest BCUT2D eigenvalue weighted by molar-refractivity contribution is -0.0507. The summed E-state index contributed by atoms with van der Waals surface area (Å²) in [5, 5.41) is 3.37. The number of nitrogens with zero attached hydrogens (tertiary/aromatic N) is 2. The SMILES string of the molecule is FC(F)Oc1ccc(Br)cc1CN1CCC(N2CCNCC2)C1. The number of ether oxygens (including phenoxy) is 1. The summed E-state index contributed by atoms with van der Waals surface area (Å²) in [5.74, 6) is 0.272. The van der Waals surface area contributed by atoms with Gasteiger partial charge in [0.2, 0.25) is 0 Å². The van der Waals surface area contributed by atoms with Crippen LogP contribution in [-0.2, 0) is 6.54 Å². The van der Waals surface area contributed by atoms with Crippen molar-refractivity contribution < 1.29 is 13.5 Å². The number of hydrogen-bond donors (Lipinski definition) is 1. The molecule has 0 bridgehead atoms. The smallest absolute Gasteiger partial charge is 0.387 e. The van der Waals surface area contributed by atoms with Gasteiger partial charge in [-0.15, -0.1) is 0 Å². The summed E-state index contributed by atoms with van der Waals surface area (Å²) < 4.78 is 30.7. The molecule has 0 radical (unpaired) electrons. The van der Waals surface area contributed by atoms with Crippen molar-refractivity contribution in [2.45, 2.75) is 25.6 Å². The van der Waals surface area contributed by atoms with Gasteiger partial charge in [0, 0.05) is 61.9 Å². The van der Waals surface area contributed by atoms with Crippen LogP contribution in [0.15, 0.2) is 22.7 Å². The van der Waals surface area contributed by atoms with Gasteiger partial charge in [-0.05, 0) is 24.6 Å². The Morgan fingerprint density at radius 2 is 2.04 bits per heavy atom. The van der Waals surface area contributed by atoms with Crippen LogP contribution in [0.4, 0.5) is 8.78 Å². The molecule has 2 saturated heterocycles. The first-order valence-corrected chi connectivity index (χ1v) is 8.81. The lowest BCUT2D eigenvalue weighted by Gasteiger charge is -2.32. The highest BCUT2D eigenvalue weighted by atomic mass is 79.9. The van der Waals surface area contributed by atoms with Gasteiger partial charge < -0.3 is 10.1 Å². The predicted molar refractivity (Wildman–Crippen MR) is 88.9 cm³/mol. The lowest BCUT2D eigenvalue weighted by atomic mass is 10.2. The minimum atomic E-state index is -2.79. The number of piperazine rings is 1. The van der Waals surface area contributed by atoms with E-state index in [0.717, 1.165) is 55.7 Å². The van der Waals surface area contributed by atoms with E-state index in [4.69, 9.17) is 0 Å². The van der Waals surface area contributed by atoms with Crippen molar-refractivity contribution in [3.8, 4) is 5.75 Å². The second-order valence-corrected chi connectivity index (χ2v) is 7.01. The summed E-state index contributed by atoms with van der Waals surface area (Å²) in [6.07, 6.45) is 1.14. The van der Waals surface area contributed by atoms with Gasteiger partial charge in [0.25, 0.3) is 0 Å². The van der Waals surface area contributed by atoms with Crippen molar-refractivity contribution in [1.82, 2.24) is 15.1 Å². The van der Waals surface area contributed by atoms with Crippen LogP contribution in [0.1, 0.15) is 12.0 Å². The normalized spacial score (nSPS) is 23.6. The lowest BCUT2D eigenvalue weighted by Crippen LogP contribution is -2.49. The second-order valence-electron chi connectivity index (χ2n) is 6.09. The zero-order chi connectivity index (χ0) is 16.2. The molecule has 2 fully saturated rings. The Labute approximate surface area is 143 Å². The molecule has 128 valence electrons. The van der Waals surface area contributed by atoms with Gasteiger partial charge in [0.1, 0.15) is 5.75 Å². The van der Waals surface area contributed by atoms with Crippen LogP contribution in [-0.4, -0.2) is 61.7 Å². The molecule has 1 aromatic carbocycles. The molecule has 1 aromatic rings. The maximum absolute atomic E-state index is 12.6. The van der Waals surface area contributed by atoms with E-state index < -0.39 is 6.61 Å². The van der Waals surface area contributed by atoms with E-state index in [1.54, 1.807) is 12.1 Å². The van der Waals surface area contributed by atoms with E-state index in [1.165, 1.54) is 0 Å².